The second-order valence-electron chi connectivity index (χ2n) is 10.2. The van der Waals surface area contributed by atoms with Gasteiger partial charge in [0.25, 0.3) is 5.91 Å². The number of ether oxygens (including phenoxy) is 2. The summed E-state index contributed by atoms with van der Waals surface area (Å²) in [5.74, 6) is -1.60. The number of phenols is 2. The Morgan fingerprint density at radius 2 is 1.93 bits per heavy atom. The number of hydrogen-bond donors (Lipinski definition) is 3. The molecule has 2 aliphatic rings. The van der Waals surface area contributed by atoms with Crippen molar-refractivity contribution in [1.29, 1.82) is 0 Å². The van der Waals surface area contributed by atoms with Crippen molar-refractivity contribution in [2.45, 2.75) is 71.0 Å². The fourth-order valence-electron chi connectivity index (χ4n) is 4.59. The number of nitrogens with zero attached hydrogens (tertiary/aromatic N) is 2. The molecular weight excluding hydrogens is 530 g/mol. The third-order valence-corrected chi connectivity index (χ3v) is 6.67. The first-order valence-electron chi connectivity index (χ1n) is 14.1. The minimum atomic E-state index is -0.731. The number of piperidine rings is 1. The molecule has 0 aromatic heterocycles. The average Bonchev–Trinajstić information content (AvgIpc) is 2.91. The molecular formula is C30H41N3O8. The third-order valence-electron chi connectivity index (χ3n) is 6.67. The number of nitrogens with one attached hydrogen (secondary N) is 1. The van der Waals surface area contributed by atoms with Crippen LogP contribution in [0, 0.1) is 0 Å². The Hall–Kier alpha value is -3.86. The molecule has 41 heavy (non-hydrogen) atoms. The first kappa shape index (κ1) is 31.7. The van der Waals surface area contributed by atoms with Gasteiger partial charge >= 0.3 is 5.97 Å². The zero-order chi connectivity index (χ0) is 29.6. The highest BCUT2D eigenvalue weighted by Gasteiger charge is 2.23. The number of rotatable bonds is 8. The summed E-state index contributed by atoms with van der Waals surface area (Å²) in [5.41, 5.74) is 0.600. The molecule has 2 amide bonds. The van der Waals surface area contributed by atoms with Crippen LogP contribution in [0.25, 0.3) is 0 Å². The Kier molecular flexibility index (Phi) is 12.7. The maximum Gasteiger partial charge on any atom is 0.342 e. The number of cyclic esters (lactones) is 1. The molecule has 1 aromatic rings. The molecule has 0 bridgehead atoms. The number of fused-ring (bicyclic) bond motifs is 1. The molecule has 0 saturated carbocycles. The maximum absolute atomic E-state index is 13.0. The number of allylic oxidation sites excluding steroid dienone is 1. The largest absolute Gasteiger partial charge is 0.508 e. The monoisotopic (exact) mass is 571 g/mol. The number of hydrogen-bond acceptors (Lipinski definition) is 9. The SMILES string of the molecule is CC(=O)NCCCO[C@@H]1/C=C/C[C@@H](C)OC(=O)c2c(O)cc(O)cc2CC(=N/OCC(=O)N2CCCCC2)/C=C/C1. The number of oxime groups is 1. The van der Waals surface area contributed by atoms with E-state index in [1.807, 2.05) is 18.2 Å². The Morgan fingerprint density at radius 1 is 1.15 bits per heavy atom. The molecule has 11 nitrogen and oxygen atoms in total. The molecule has 2 heterocycles. The van der Waals surface area contributed by atoms with Gasteiger partial charge in [0, 0.05) is 52.1 Å². The lowest BCUT2D eigenvalue weighted by molar-refractivity contribution is -0.137. The Labute approximate surface area is 240 Å². The van der Waals surface area contributed by atoms with Crippen LogP contribution in [0.3, 0.4) is 0 Å². The molecule has 1 aromatic carbocycles. The predicted molar refractivity (Wildman–Crippen MR) is 153 cm³/mol. The molecule has 2 atom stereocenters. The van der Waals surface area contributed by atoms with Crippen molar-refractivity contribution in [2.75, 3.05) is 32.8 Å². The van der Waals surface area contributed by atoms with E-state index in [-0.39, 0.29) is 42.3 Å². The van der Waals surface area contributed by atoms with E-state index in [1.165, 1.54) is 13.0 Å². The van der Waals surface area contributed by atoms with Crippen LogP contribution in [0.15, 0.2) is 41.6 Å². The van der Waals surface area contributed by atoms with Crippen molar-refractivity contribution in [1.82, 2.24) is 10.2 Å². The molecule has 3 N–H and O–H groups in total. The summed E-state index contributed by atoms with van der Waals surface area (Å²) in [5, 5.41) is 27.6. The van der Waals surface area contributed by atoms with Gasteiger partial charge in [-0.3, -0.25) is 9.59 Å². The number of benzene rings is 1. The van der Waals surface area contributed by atoms with E-state index in [0.717, 1.165) is 25.3 Å². The zero-order valence-electron chi connectivity index (χ0n) is 23.8. The first-order valence-corrected chi connectivity index (χ1v) is 14.1. The van der Waals surface area contributed by atoms with Crippen molar-refractivity contribution in [3.63, 3.8) is 0 Å². The average molecular weight is 572 g/mol. The molecule has 0 radical (unpaired) electrons. The van der Waals surface area contributed by atoms with Crippen LogP contribution in [0.2, 0.25) is 0 Å². The van der Waals surface area contributed by atoms with Crippen LogP contribution in [0.5, 0.6) is 11.5 Å². The first-order chi connectivity index (χ1) is 19.7. The number of carbonyl (C=O) groups excluding carboxylic acids is 3. The fourth-order valence-corrected chi connectivity index (χ4v) is 4.59. The number of carbonyl (C=O) groups is 3. The lowest BCUT2D eigenvalue weighted by Gasteiger charge is -2.26. The maximum atomic E-state index is 13.0. The van der Waals surface area contributed by atoms with E-state index in [4.69, 9.17) is 14.3 Å². The minimum Gasteiger partial charge on any atom is -0.508 e. The van der Waals surface area contributed by atoms with E-state index < -0.39 is 17.8 Å². The number of aromatic hydroxyl groups is 2. The van der Waals surface area contributed by atoms with E-state index in [9.17, 15) is 24.6 Å². The standard InChI is InChI=1S/C30H41N3O8/c1-21-9-6-11-26(39-16-8-13-31-22(2)34)12-7-10-24(32-40-20-28(37)33-14-4-3-5-15-33)17-23-18-25(35)19-27(36)29(23)30(38)41-21/h6-7,10-11,18-19,21,26,35-36H,3-5,8-9,12-17,20H2,1-2H3,(H,31,34)/b10-7+,11-6+,32-24+/t21-,26-/m1/s1. The van der Waals surface area contributed by atoms with Crippen molar-refractivity contribution >= 4 is 23.5 Å². The third kappa shape index (κ3) is 10.9. The number of amides is 2. The highest BCUT2D eigenvalue weighted by molar-refractivity contribution is 6.00. The van der Waals surface area contributed by atoms with Crippen LogP contribution in [0.4, 0.5) is 0 Å². The molecule has 1 fully saturated rings. The lowest BCUT2D eigenvalue weighted by atomic mass is 9.99. The summed E-state index contributed by atoms with van der Waals surface area (Å²) in [7, 11) is 0. The van der Waals surface area contributed by atoms with Crippen LogP contribution < -0.4 is 5.32 Å². The lowest BCUT2D eigenvalue weighted by Crippen LogP contribution is -2.37. The van der Waals surface area contributed by atoms with E-state index >= 15 is 0 Å². The molecule has 1 saturated heterocycles. The molecule has 0 spiro atoms. The molecule has 0 unspecified atom stereocenters. The van der Waals surface area contributed by atoms with Crippen molar-refractivity contribution in [3.8, 4) is 11.5 Å². The van der Waals surface area contributed by atoms with Crippen LogP contribution in [0.1, 0.15) is 68.3 Å². The van der Waals surface area contributed by atoms with Crippen LogP contribution >= 0.6 is 0 Å². The van der Waals surface area contributed by atoms with Gasteiger partial charge in [-0.1, -0.05) is 23.4 Å². The molecule has 11 heteroatoms. The van der Waals surface area contributed by atoms with Gasteiger partial charge in [-0.15, -0.1) is 0 Å². The summed E-state index contributed by atoms with van der Waals surface area (Å²) in [6, 6.07) is 2.46. The Bertz CT molecular complexity index is 1140. The van der Waals surface area contributed by atoms with Crippen molar-refractivity contribution in [2.24, 2.45) is 5.16 Å². The van der Waals surface area contributed by atoms with Gasteiger partial charge in [-0.05, 0) is 56.7 Å². The second-order valence-corrected chi connectivity index (χ2v) is 10.2. The van der Waals surface area contributed by atoms with Gasteiger partial charge in [0.05, 0.1) is 11.8 Å². The topological polar surface area (TPSA) is 147 Å². The van der Waals surface area contributed by atoms with Crippen molar-refractivity contribution in [3.05, 3.63) is 47.6 Å². The van der Waals surface area contributed by atoms with Gasteiger partial charge in [0.15, 0.2) is 6.61 Å². The van der Waals surface area contributed by atoms with E-state index in [0.29, 0.717) is 56.8 Å². The fraction of sp³-hybridized carbons (Fsp3) is 0.533. The summed E-state index contributed by atoms with van der Waals surface area (Å²) < 4.78 is 11.6. The quantitative estimate of drug-likeness (QED) is 0.186. The predicted octanol–water partition coefficient (Wildman–Crippen LogP) is 3.39. The number of esters is 1. The van der Waals surface area contributed by atoms with E-state index in [2.05, 4.69) is 10.5 Å². The Balaban J connectivity index is 1.81. The summed E-state index contributed by atoms with van der Waals surface area (Å²) in [4.78, 5) is 43.9. The molecule has 2 aliphatic heterocycles. The van der Waals surface area contributed by atoms with Gasteiger partial charge < -0.3 is 34.7 Å². The highest BCUT2D eigenvalue weighted by atomic mass is 16.6. The van der Waals surface area contributed by atoms with Crippen LogP contribution in [-0.4, -0.2) is 83.7 Å². The van der Waals surface area contributed by atoms with Gasteiger partial charge in [-0.25, -0.2) is 4.79 Å². The molecule has 224 valence electrons. The molecule has 3 rings (SSSR count). The second kappa shape index (κ2) is 16.4. The normalized spacial score (nSPS) is 22.6. The number of likely N-dealkylation sites (tertiary alicyclic amines) is 1. The minimum absolute atomic E-state index is 0.0211. The Morgan fingerprint density at radius 3 is 2.68 bits per heavy atom. The van der Waals surface area contributed by atoms with Gasteiger partial charge in [0.2, 0.25) is 5.91 Å². The smallest absolute Gasteiger partial charge is 0.342 e. The highest BCUT2D eigenvalue weighted by Crippen LogP contribution is 2.29. The van der Waals surface area contributed by atoms with Gasteiger partial charge in [-0.2, -0.15) is 0 Å². The molecule has 0 aliphatic carbocycles. The summed E-state index contributed by atoms with van der Waals surface area (Å²) >= 11 is 0. The zero-order valence-corrected chi connectivity index (χ0v) is 23.8. The summed E-state index contributed by atoms with van der Waals surface area (Å²) in [6.07, 6.45) is 11.2. The van der Waals surface area contributed by atoms with Gasteiger partial charge in [0.1, 0.15) is 23.2 Å². The van der Waals surface area contributed by atoms with Crippen molar-refractivity contribution < 1.29 is 38.9 Å². The van der Waals surface area contributed by atoms with E-state index in [1.54, 1.807) is 17.9 Å². The van der Waals surface area contributed by atoms with Crippen LogP contribution in [-0.2, 0) is 30.3 Å². The number of phenolic OH excluding ortho intramolecular Hbond substituents is 2. The summed E-state index contributed by atoms with van der Waals surface area (Å²) in [6.45, 7) is 5.33.